The van der Waals surface area contributed by atoms with Gasteiger partial charge in [0.2, 0.25) is 0 Å². The molecule has 0 fully saturated rings. The van der Waals surface area contributed by atoms with Gasteiger partial charge in [0.1, 0.15) is 12.7 Å². The summed E-state index contributed by atoms with van der Waals surface area (Å²) in [6.07, 6.45) is 4.75. The lowest BCUT2D eigenvalue weighted by Crippen LogP contribution is -2.31. The maximum Gasteiger partial charge on any atom is 0.119 e. The van der Waals surface area contributed by atoms with E-state index in [1.165, 1.54) is 17.9 Å². The predicted molar refractivity (Wildman–Crippen MR) is 65.1 cm³/mol. The molecule has 0 saturated carbocycles. The Morgan fingerprint density at radius 3 is 2.80 bits per heavy atom. The number of hydrogen-bond donors (Lipinski definition) is 1. The summed E-state index contributed by atoms with van der Waals surface area (Å²) in [6.45, 7) is 6.42. The summed E-state index contributed by atoms with van der Waals surface area (Å²) in [5.74, 6) is 2.47. The molecule has 1 atom stereocenters. The van der Waals surface area contributed by atoms with Gasteiger partial charge in [-0.1, -0.05) is 6.92 Å². The maximum atomic E-state index is 3.78. The minimum atomic E-state index is 0.479. The topological polar surface area (TPSA) is 42.7 Å². The Kier molecular flexibility index (Phi) is 6.43. The second kappa shape index (κ2) is 7.70. The molecule has 5 heteroatoms. The quantitative estimate of drug-likeness (QED) is 0.683. The van der Waals surface area contributed by atoms with Crippen LogP contribution < -0.4 is 5.32 Å². The molecule has 4 nitrogen and oxygen atoms in total. The van der Waals surface area contributed by atoms with Gasteiger partial charge in [-0.05, 0) is 31.4 Å². The highest BCUT2D eigenvalue weighted by molar-refractivity contribution is 7.99. The van der Waals surface area contributed by atoms with Crippen LogP contribution in [0.25, 0.3) is 0 Å². The summed E-state index contributed by atoms with van der Waals surface area (Å²) < 4.78 is 2.00. The fourth-order valence-corrected chi connectivity index (χ4v) is 2.00. The van der Waals surface area contributed by atoms with Crippen molar-refractivity contribution in [3.8, 4) is 0 Å². The van der Waals surface area contributed by atoms with Crippen molar-refractivity contribution in [3.63, 3.8) is 0 Å². The van der Waals surface area contributed by atoms with Crippen molar-refractivity contribution in [2.24, 2.45) is 0 Å². The maximum absolute atomic E-state index is 3.78. The predicted octanol–water partition coefficient (Wildman–Crippen LogP) is 1.40. The molecule has 1 aromatic rings. The summed E-state index contributed by atoms with van der Waals surface area (Å²) >= 11 is 2.00. The van der Waals surface area contributed by atoms with Crippen LogP contribution in [-0.2, 0) is 6.54 Å². The van der Waals surface area contributed by atoms with Crippen LogP contribution in [0.2, 0.25) is 0 Å². The van der Waals surface area contributed by atoms with Gasteiger partial charge in [0.15, 0.2) is 0 Å². The van der Waals surface area contributed by atoms with Gasteiger partial charge >= 0.3 is 0 Å². The molecular weight excluding hydrogens is 208 g/mol. The van der Waals surface area contributed by atoms with Crippen LogP contribution in [0.15, 0.2) is 12.7 Å². The SMILES string of the molecule is CCSCCCNC(C)Cn1cnnc1. The summed E-state index contributed by atoms with van der Waals surface area (Å²) in [5, 5.41) is 11.0. The van der Waals surface area contributed by atoms with Gasteiger partial charge in [-0.3, -0.25) is 0 Å². The van der Waals surface area contributed by atoms with Crippen molar-refractivity contribution < 1.29 is 0 Å². The Labute approximate surface area is 95.9 Å². The molecule has 0 aliphatic rings. The number of thioether (sulfide) groups is 1. The van der Waals surface area contributed by atoms with Crippen molar-refractivity contribution in [3.05, 3.63) is 12.7 Å². The molecule has 15 heavy (non-hydrogen) atoms. The zero-order chi connectivity index (χ0) is 10.9. The first kappa shape index (κ1) is 12.5. The Morgan fingerprint density at radius 2 is 2.13 bits per heavy atom. The minimum absolute atomic E-state index is 0.479. The second-order valence-electron chi connectivity index (χ2n) is 3.56. The van der Waals surface area contributed by atoms with Crippen LogP contribution in [-0.4, -0.2) is 38.9 Å². The standard InChI is InChI=1S/C10H20N4S/c1-3-15-6-4-5-11-10(2)7-14-8-12-13-9-14/h8-11H,3-7H2,1-2H3. The number of nitrogens with one attached hydrogen (secondary N) is 1. The third-order valence-corrected chi connectivity index (χ3v) is 3.10. The smallest absolute Gasteiger partial charge is 0.119 e. The highest BCUT2D eigenvalue weighted by atomic mass is 32.2. The van der Waals surface area contributed by atoms with E-state index in [4.69, 9.17) is 0 Å². The van der Waals surface area contributed by atoms with Crippen LogP contribution in [0.4, 0.5) is 0 Å². The first-order valence-electron chi connectivity index (χ1n) is 5.46. The second-order valence-corrected chi connectivity index (χ2v) is 4.96. The van der Waals surface area contributed by atoms with Crippen molar-refractivity contribution in [2.45, 2.75) is 32.9 Å². The molecule has 1 rings (SSSR count). The molecule has 0 amide bonds. The molecule has 0 aromatic carbocycles. The van der Waals surface area contributed by atoms with E-state index in [0.29, 0.717) is 6.04 Å². The molecule has 0 saturated heterocycles. The van der Waals surface area contributed by atoms with Gasteiger partial charge in [-0.15, -0.1) is 10.2 Å². The Morgan fingerprint density at radius 1 is 1.40 bits per heavy atom. The average Bonchev–Trinajstić information content (AvgIpc) is 2.70. The highest BCUT2D eigenvalue weighted by Gasteiger charge is 2.01. The summed E-state index contributed by atoms with van der Waals surface area (Å²) in [5.41, 5.74) is 0. The van der Waals surface area contributed by atoms with Gasteiger partial charge in [0.05, 0.1) is 0 Å². The van der Waals surface area contributed by atoms with Gasteiger partial charge in [-0.25, -0.2) is 0 Å². The highest BCUT2D eigenvalue weighted by Crippen LogP contribution is 2.00. The van der Waals surface area contributed by atoms with Gasteiger partial charge in [0.25, 0.3) is 0 Å². The summed E-state index contributed by atoms with van der Waals surface area (Å²) in [7, 11) is 0. The van der Waals surface area contributed by atoms with Gasteiger partial charge < -0.3 is 9.88 Å². The van der Waals surface area contributed by atoms with E-state index >= 15 is 0 Å². The zero-order valence-corrected chi connectivity index (χ0v) is 10.3. The molecule has 0 spiro atoms. The largest absolute Gasteiger partial charge is 0.319 e. The average molecular weight is 228 g/mol. The lowest BCUT2D eigenvalue weighted by Gasteiger charge is -2.13. The Balaban J connectivity index is 2.01. The van der Waals surface area contributed by atoms with E-state index in [1.54, 1.807) is 12.7 Å². The van der Waals surface area contributed by atoms with Crippen LogP contribution >= 0.6 is 11.8 Å². The Hall–Kier alpha value is -0.550. The number of rotatable bonds is 8. The lowest BCUT2D eigenvalue weighted by molar-refractivity contribution is 0.477. The molecule has 86 valence electrons. The summed E-state index contributed by atoms with van der Waals surface area (Å²) in [4.78, 5) is 0. The van der Waals surface area contributed by atoms with Gasteiger partial charge in [0, 0.05) is 12.6 Å². The van der Waals surface area contributed by atoms with E-state index in [0.717, 1.165) is 13.1 Å². The van der Waals surface area contributed by atoms with E-state index in [9.17, 15) is 0 Å². The fraction of sp³-hybridized carbons (Fsp3) is 0.800. The molecule has 1 N–H and O–H groups in total. The molecular formula is C10H20N4S. The monoisotopic (exact) mass is 228 g/mol. The third-order valence-electron chi connectivity index (χ3n) is 2.11. The Bertz CT molecular complexity index is 238. The first-order chi connectivity index (χ1) is 7.33. The van der Waals surface area contributed by atoms with Crippen LogP contribution in [0, 0.1) is 0 Å². The van der Waals surface area contributed by atoms with Crippen molar-refractivity contribution in [1.29, 1.82) is 0 Å². The minimum Gasteiger partial charge on any atom is -0.319 e. The number of aromatic nitrogens is 3. The first-order valence-corrected chi connectivity index (χ1v) is 6.62. The van der Waals surface area contributed by atoms with Crippen molar-refractivity contribution >= 4 is 11.8 Å². The number of hydrogen-bond acceptors (Lipinski definition) is 4. The molecule has 1 unspecified atom stereocenters. The van der Waals surface area contributed by atoms with E-state index in [1.807, 2.05) is 16.3 Å². The normalized spacial score (nSPS) is 12.9. The molecule has 0 aliphatic heterocycles. The summed E-state index contributed by atoms with van der Waals surface area (Å²) in [6, 6.07) is 0.479. The number of nitrogens with zero attached hydrogens (tertiary/aromatic N) is 3. The van der Waals surface area contributed by atoms with Crippen molar-refractivity contribution in [1.82, 2.24) is 20.1 Å². The molecule has 0 aliphatic carbocycles. The van der Waals surface area contributed by atoms with Crippen LogP contribution in [0.3, 0.4) is 0 Å². The molecule has 0 bridgehead atoms. The van der Waals surface area contributed by atoms with Crippen LogP contribution in [0.1, 0.15) is 20.3 Å². The molecule has 1 heterocycles. The van der Waals surface area contributed by atoms with Crippen LogP contribution in [0.5, 0.6) is 0 Å². The van der Waals surface area contributed by atoms with Gasteiger partial charge in [-0.2, -0.15) is 11.8 Å². The molecule has 0 radical (unpaired) electrons. The zero-order valence-electron chi connectivity index (χ0n) is 9.52. The fourth-order valence-electron chi connectivity index (χ4n) is 1.36. The van der Waals surface area contributed by atoms with Crippen molar-refractivity contribution in [2.75, 3.05) is 18.1 Å². The lowest BCUT2D eigenvalue weighted by atomic mass is 10.3. The van der Waals surface area contributed by atoms with E-state index in [-0.39, 0.29) is 0 Å². The molecule has 1 aromatic heterocycles. The third kappa shape index (κ3) is 5.79. The van der Waals surface area contributed by atoms with E-state index in [2.05, 4.69) is 29.4 Å². The van der Waals surface area contributed by atoms with E-state index < -0.39 is 0 Å².